The number of rotatable bonds is 2. The summed E-state index contributed by atoms with van der Waals surface area (Å²) in [5.74, 6) is -0.815. The Kier molecular flexibility index (Phi) is 3.85. The Hall–Kier alpha value is -1.77. The summed E-state index contributed by atoms with van der Waals surface area (Å²) < 4.78 is 0. The average molecular weight is 248 g/mol. The van der Waals surface area contributed by atoms with Crippen LogP contribution in [-0.2, 0) is 4.79 Å². The third kappa shape index (κ3) is 3.13. The smallest absolute Gasteiger partial charge is 0.332 e. The van der Waals surface area contributed by atoms with Crippen molar-refractivity contribution in [2.75, 3.05) is 0 Å². The fraction of sp³-hybridized carbons (Fsp3) is 0.400. The molecule has 1 rings (SSSR count). The molecule has 3 nitrogen and oxygen atoms in total. The minimum absolute atomic E-state index is 0.142. The zero-order valence-electron chi connectivity index (χ0n) is 11.5. The van der Waals surface area contributed by atoms with Crippen LogP contribution in [0.2, 0.25) is 0 Å². The summed E-state index contributed by atoms with van der Waals surface area (Å²) >= 11 is 0. The molecule has 0 heterocycles. The van der Waals surface area contributed by atoms with E-state index in [1.54, 1.807) is 19.1 Å². The summed E-state index contributed by atoms with van der Waals surface area (Å²) in [5, 5.41) is 19.2. The monoisotopic (exact) mass is 248 g/mol. The number of benzene rings is 1. The standard InChI is InChI=1S/C15H20O3/c1-9-6-10(2)13(16)11(7-9)8-12(14(17)18)15(3,4)5/h6-8,16H,1-5H3,(H,17,18). The Labute approximate surface area is 108 Å². The molecule has 1 aromatic carbocycles. The lowest BCUT2D eigenvalue weighted by Gasteiger charge is -2.20. The van der Waals surface area contributed by atoms with Crippen LogP contribution in [0.3, 0.4) is 0 Å². The SMILES string of the molecule is Cc1cc(C)c(O)c(C=C(C(=O)O)C(C)(C)C)c1. The van der Waals surface area contributed by atoms with Crippen LogP contribution in [0.1, 0.15) is 37.5 Å². The van der Waals surface area contributed by atoms with Crippen LogP contribution in [0, 0.1) is 19.3 Å². The molecule has 0 atom stereocenters. The van der Waals surface area contributed by atoms with Crippen LogP contribution < -0.4 is 0 Å². The summed E-state index contributed by atoms with van der Waals surface area (Å²) in [7, 11) is 0. The van der Waals surface area contributed by atoms with Gasteiger partial charge in [-0.1, -0.05) is 32.4 Å². The van der Waals surface area contributed by atoms with Crippen molar-refractivity contribution in [3.63, 3.8) is 0 Å². The van der Waals surface area contributed by atoms with E-state index in [0.717, 1.165) is 11.1 Å². The normalized spacial score (nSPS) is 12.6. The van der Waals surface area contributed by atoms with Crippen molar-refractivity contribution in [2.24, 2.45) is 5.41 Å². The highest BCUT2D eigenvalue weighted by molar-refractivity contribution is 5.94. The van der Waals surface area contributed by atoms with Crippen LogP contribution in [0.15, 0.2) is 17.7 Å². The van der Waals surface area contributed by atoms with Crippen LogP contribution in [0.4, 0.5) is 0 Å². The number of carbonyl (C=O) groups is 1. The average Bonchev–Trinajstić information content (AvgIpc) is 2.18. The van der Waals surface area contributed by atoms with E-state index in [-0.39, 0.29) is 11.3 Å². The van der Waals surface area contributed by atoms with Gasteiger partial charge in [-0.3, -0.25) is 0 Å². The minimum atomic E-state index is -0.957. The molecule has 0 aliphatic rings. The lowest BCUT2D eigenvalue weighted by molar-refractivity contribution is -0.133. The number of phenols is 1. The number of hydrogen-bond acceptors (Lipinski definition) is 2. The second-order valence-corrected chi connectivity index (χ2v) is 5.63. The summed E-state index contributed by atoms with van der Waals surface area (Å²) in [6, 6.07) is 3.65. The molecule has 2 N–H and O–H groups in total. The zero-order valence-corrected chi connectivity index (χ0v) is 11.5. The Morgan fingerprint density at radius 1 is 1.22 bits per heavy atom. The Balaban J connectivity index is 3.43. The van der Waals surface area contributed by atoms with Crippen molar-refractivity contribution < 1.29 is 15.0 Å². The topological polar surface area (TPSA) is 57.5 Å². The molecule has 0 aromatic heterocycles. The minimum Gasteiger partial charge on any atom is -0.507 e. The molecular formula is C15H20O3. The zero-order chi connectivity index (χ0) is 14.1. The second-order valence-electron chi connectivity index (χ2n) is 5.63. The molecule has 0 aliphatic carbocycles. The van der Waals surface area contributed by atoms with Gasteiger partial charge in [0, 0.05) is 11.1 Å². The van der Waals surface area contributed by atoms with Gasteiger partial charge in [-0.15, -0.1) is 0 Å². The van der Waals surface area contributed by atoms with Gasteiger partial charge in [0.15, 0.2) is 0 Å². The van der Waals surface area contributed by atoms with Crippen LogP contribution in [0.25, 0.3) is 6.08 Å². The summed E-state index contributed by atoms with van der Waals surface area (Å²) in [4.78, 5) is 11.3. The van der Waals surface area contributed by atoms with E-state index in [1.807, 2.05) is 33.8 Å². The second kappa shape index (κ2) is 4.84. The van der Waals surface area contributed by atoms with Gasteiger partial charge in [0.05, 0.1) is 0 Å². The number of aromatic hydroxyl groups is 1. The third-order valence-corrected chi connectivity index (χ3v) is 2.81. The fourth-order valence-corrected chi connectivity index (χ4v) is 1.86. The molecule has 1 aromatic rings. The van der Waals surface area contributed by atoms with E-state index in [0.29, 0.717) is 5.56 Å². The van der Waals surface area contributed by atoms with Crippen molar-refractivity contribution in [3.8, 4) is 5.75 Å². The summed E-state index contributed by atoms with van der Waals surface area (Å²) in [5.41, 5.74) is 2.10. The molecule has 0 spiro atoms. The maximum absolute atomic E-state index is 11.3. The molecule has 98 valence electrons. The Morgan fingerprint density at radius 3 is 2.22 bits per heavy atom. The highest BCUT2D eigenvalue weighted by Gasteiger charge is 2.23. The maximum atomic E-state index is 11.3. The van der Waals surface area contributed by atoms with E-state index in [4.69, 9.17) is 0 Å². The van der Waals surface area contributed by atoms with Crippen molar-refractivity contribution in [3.05, 3.63) is 34.4 Å². The van der Waals surface area contributed by atoms with E-state index >= 15 is 0 Å². The summed E-state index contributed by atoms with van der Waals surface area (Å²) in [6.45, 7) is 9.24. The van der Waals surface area contributed by atoms with Gasteiger partial charge in [0.2, 0.25) is 0 Å². The number of aliphatic carboxylic acids is 1. The summed E-state index contributed by atoms with van der Waals surface area (Å²) in [6.07, 6.45) is 1.55. The number of carboxylic acid groups (broad SMARTS) is 1. The van der Waals surface area contributed by atoms with Gasteiger partial charge in [-0.25, -0.2) is 4.79 Å². The van der Waals surface area contributed by atoms with Crippen LogP contribution in [-0.4, -0.2) is 16.2 Å². The first-order valence-electron chi connectivity index (χ1n) is 5.88. The molecular weight excluding hydrogens is 228 g/mol. The van der Waals surface area contributed by atoms with E-state index < -0.39 is 11.4 Å². The van der Waals surface area contributed by atoms with Gasteiger partial charge in [-0.2, -0.15) is 0 Å². The molecule has 0 amide bonds. The van der Waals surface area contributed by atoms with Crippen molar-refractivity contribution >= 4 is 12.0 Å². The van der Waals surface area contributed by atoms with Crippen LogP contribution in [0.5, 0.6) is 5.75 Å². The van der Waals surface area contributed by atoms with Crippen molar-refractivity contribution in [1.82, 2.24) is 0 Å². The lowest BCUT2D eigenvalue weighted by Crippen LogP contribution is -2.17. The van der Waals surface area contributed by atoms with Crippen LogP contribution >= 0.6 is 0 Å². The lowest BCUT2D eigenvalue weighted by atomic mass is 9.85. The van der Waals surface area contributed by atoms with E-state index in [2.05, 4.69) is 0 Å². The number of aryl methyl sites for hydroxylation is 2. The Bertz CT molecular complexity index is 505. The molecule has 18 heavy (non-hydrogen) atoms. The first-order valence-corrected chi connectivity index (χ1v) is 5.88. The van der Waals surface area contributed by atoms with Gasteiger partial charge in [0.1, 0.15) is 5.75 Å². The van der Waals surface area contributed by atoms with E-state index in [9.17, 15) is 15.0 Å². The predicted molar refractivity (Wildman–Crippen MR) is 72.6 cm³/mol. The van der Waals surface area contributed by atoms with E-state index in [1.165, 1.54) is 0 Å². The maximum Gasteiger partial charge on any atom is 0.332 e. The molecule has 0 bridgehead atoms. The first-order chi connectivity index (χ1) is 8.12. The predicted octanol–water partition coefficient (Wildman–Crippen LogP) is 3.52. The first kappa shape index (κ1) is 14.3. The van der Waals surface area contributed by atoms with Crippen molar-refractivity contribution in [1.29, 1.82) is 0 Å². The molecule has 0 fully saturated rings. The highest BCUT2D eigenvalue weighted by atomic mass is 16.4. The molecule has 0 aliphatic heterocycles. The van der Waals surface area contributed by atoms with Gasteiger partial charge in [-0.05, 0) is 37.0 Å². The quantitative estimate of drug-likeness (QED) is 0.787. The van der Waals surface area contributed by atoms with Crippen molar-refractivity contribution in [2.45, 2.75) is 34.6 Å². The fourth-order valence-electron chi connectivity index (χ4n) is 1.86. The largest absolute Gasteiger partial charge is 0.507 e. The molecule has 3 heteroatoms. The molecule has 0 saturated heterocycles. The number of hydrogen-bond donors (Lipinski definition) is 2. The molecule has 0 radical (unpaired) electrons. The van der Waals surface area contributed by atoms with Gasteiger partial charge >= 0.3 is 5.97 Å². The van der Waals surface area contributed by atoms with Gasteiger partial charge in [0.25, 0.3) is 0 Å². The number of phenolic OH excluding ortho intramolecular Hbond substituents is 1. The van der Waals surface area contributed by atoms with Gasteiger partial charge < -0.3 is 10.2 Å². The molecule has 0 saturated carbocycles. The Morgan fingerprint density at radius 2 is 1.78 bits per heavy atom. The highest BCUT2D eigenvalue weighted by Crippen LogP contribution is 2.31. The number of carboxylic acids is 1. The molecule has 0 unspecified atom stereocenters. The third-order valence-electron chi connectivity index (χ3n) is 2.81.